The lowest BCUT2D eigenvalue weighted by molar-refractivity contribution is 0.557. The Balaban J connectivity index is 2.92. The lowest BCUT2D eigenvalue weighted by Crippen LogP contribution is -2.33. The average Bonchev–Trinajstić information content (AvgIpc) is 2.43. The molecule has 1 atom stereocenters. The minimum atomic E-state index is -3.46. The monoisotopic (exact) mass is 316 g/mol. The predicted octanol–water partition coefficient (Wildman–Crippen LogP) is 2.13. The maximum atomic E-state index is 12.3. The van der Waals surface area contributed by atoms with Gasteiger partial charge in [0.2, 0.25) is 10.0 Å². The Morgan fingerprint density at radius 1 is 1.35 bits per heavy atom. The Labute approximate surface area is 126 Å². The summed E-state index contributed by atoms with van der Waals surface area (Å²) < 4.78 is 27.3. The lowest BCUT2D eigenvalue weighted by atomic mass is 10.1. The van der Waals surface area contributed by atoms with Gasteiger partial charge in [0.15, 0.2) is 0 Å². The largest absolute Gasteiger partial charge is 0.326 e. The third kappa shape index (κ3) is 4.77. The van der Waals surface area contributed by atoms with Gasteiger partial charge in [-0.1, -0.05) is 13.0 Å². The van der Waals surface area contributed by atoms with E-state index in [2.05, 4.69) is 4.72 Å². The summed E-state index contributed by atoms with van der Waals surface area (Å²) >= 11 is 1.71. The van der Waals surface area contributed by atoms with Crippen molar-refractivity contribution < 1.29 is 8.42 Å². The van der Waals surface area contributed by atoms with Crippen LogP contribution in [0.5, 0.6) is 0 Å². The molecule has 0 heterocycles. The van der Waals surface area contributed by atoms with Crippen molar-refractivity contribution in [3.05, 3.63) is 29.3 Å². The number of sulfonamides is 1. The first kappa shape index (κ1) is 17.5. The van der Waals surface area contributed by atoms with Crippen molar-refractivity contribution in [2.24, 2.45) is 5.73 Å². The highest BCUT2D eigenvalue weighted by Gasteiger charge is 2.18. The molecule has 0 spiro atoms. The first-order valence-electron chi connectivity index (χ1n) is 6.77. The number of thioether (sulfide) groups is 1. The van der Waals surface area contributed by atoms with Crippen LogP contribution in [0.1, 0.15) is 31.4 Å². The third-order valence-corrected chi connectivity index (χ3v) is 5.43. The Morgan fingerprint density at radius 2 is 2.05 bits per heavy atom. The van der Waals surface area contributed by atoms with Gasteiger partial charge < -0.3 is 5.73 Å². The maximum absolute atomic E-state index is 12.3. The molecular formula is C14H24N2O2S2. The molecule has 0 aliphatic rings. The Bertz CT molecular complexity index is 530. The summed E-state index contributed by atoms with van der Waals surface area (Å²) in [5, 5.41) is 0. The first-order chi connectivity index (χ1) is 9.44. The second kappa shape index (κ2) is 8.02. The summed E-state index contributed by atoms with van der Waals surface area (Å²) in [4.78, 5) is 0.297. The number of benzene rings is 1. The standard InChI is InChI=1S/C14H24N2O2S2/c1-4-12-5-6-14(9-13(12)10-15)20(17,18)16-11(2)7-8-19-3/h5-6,9,11,16H,4,7-8,10,15H2,1-3H3. The molecule has 20 heavy (non-hydrogen) atoms. The molecule has 1 rings (SSSR count). The first-order valence-corrected chi connectivity index (χ1v) is 9.65. The van der Waals surface area contributed by atoms with Crippen molar-refractivity contribution in [2.45, 2.75) is 44.2 Å². The summed E-state index contributed by atoms with van der Waals surface area (Å²) in [5.74, 6) is 0.937. The fraction of sp³-hybridized carbons (Fsp3) is 0.571. The summed E-state index contributed by atoms with van der Waals surface area (Å²) in [7, 11) is -3.46. The quantitative estimate of drug-likeness (QED) is 0.770. The fourth-order valence-electron chi connectivity index (χ4n) is 1.99. The van der Waals surface area contributed by atoms with Gasteiger partial charge in [0.05, 0.1) is 4.90 Å². The molecule has 0 amide bonds. The van der Waals surface area contributed by atoms with Gasteiger partial charge in [-0.3, -0.25) is 0 Å². The van der Waals surface area contributed by atoms with Crippen LogP contribution >= 0.6 is 11.8 Å². The number of aryl methyl sites for hydroxylation is 1. The Morgan fingerprint density at radius 3 is 2.60 bits per heavy atom. The molecule has 114 valence electrons. The van der Waals surface area contributed by atoms with Crippen LogP contribution in [0.25, 0.3) is 0 Å². The topological polar surface area (TPSA) is 72.2 Å². The SMILES string of the molecule is CCc1ccc(S(=O)(=O)NC(C)CCSC)cc1CN. The second-order valence-electron chi connectivity index (χ2n) is 4.79. The Hall–Kier alpha value is -0.560. The summed E-state index contributed by atoms with van der Waals surface area (Å²) in [6, 6.07) is 5.12. The number of nitrogens with two attached hydrogens (primary N) is 1. The van der Waals surface area contributed by atoms with E-state index in [-0.39, 0.29) is 6.04 Å². The van der Waals surface area contributed by atoms with E-state index in [1.54, 1.807) is 23.9 Å². The van der Waals surface area contributed by atoms with Crippen LogP contribution in [0.3, 0.4) is 0 Å². The van der Waals surface area contributed by atoms with E-state index in [1.165, 1.54) is 0 Å². The Kier molecular flexibility index (Phi) is 7.02. The molecule has 6 heteroatoms. The van der Waals surface area contributed by atoms with Gasteiger partial charge in [-0.05, 0) is 55.0 Å². The molecular weight excluding hydrogens is 292 g/mol. The highest BCUT2D eigenvalue weighted by molar-refractivity contribution is 7.98. The van der Waals surface area contributed by atoms with E-state index in [4.69, 9.17) is 5.73 Å². The molecule has 0 fully saturated rings. The molecule has 0 aliphatic carbocycles. The minimum Gasteiger partial charge on any atom is -0.326 e. The third-order valence-electron chi connectivity index (χ3n) is 3.20. The zero-order chi connectivity index (χ0) is 15.2. The van der Waals surface area contributed by atoms with E-state index in [1.807, 2.05) is 26.2 Å². The zero-order valence-corrected chi connectivity index (χ0v) is 14.0. The number of nitrogens with one attached hydrogen (secondary N) is 1. The van der Waals surface area contributed by atoms with Gasteiger partial charge in [0.1, 0.15) is 0 Å². The van der Waals surface area contributed by atoms with E-state index in [0.29, 0.717) is 11.4 Å². The normalized spacial score (nSPS) is 13.4. The molecule has 1 aromatic rings. The molecule has 0 saturated heterocycles. The van der Waals surface area contributed by atoms with Gasteiger partial charge in [-0.2, -0.15) is 11.8 Å². The number of hydrogen-bond donors (Lipinski definition) is 2. The van der Waals surface area contributed by atoms with Gasteiger partial charge in [-0.25, -0.2) is 13.1 Å². The molecule has 3 N–H and O–H groups in total. The van der Waals surface area contributed by atoms with Crippen molar-refractivity contribution in [2.75, 3.05) is 12.0 Å². The van der Waals surface area contributed by atoms with E-state index in [0.717, 1.165) is 29.7 Å². The van der Waals surface area contributed by atoms with Crippen LogP contribution in [0.2, 0.25) is 0 Å². The van der Waals surface area contributed by atoms with E-state index < -0.39 is 10.0 Å². The van der Waals surface area contributed by atoms with E-state index in [9.17, 15) is 8.42 Å². The molecule has 0 radical (unpaired) electrons. The van der Waals surface area contributed by atoms with Gasteiger partial charge in [0.25, 0.3) is 0 Å². The molecule has 0 bridgehead atoms. The minimum absolute atomic E-state index is 0.0698. The van der Waals surface area contributed by atoms with Crippen LogP contribution in [-0.2, 0) is 23.0 Å². The van der Waals surface area contributed by atoms with Crippen LogP contribution in [0.4, 0.5) is 0 Å². The van der Waals surface area contributed by atoms with Crippen molar-refractivity contribution >= 4 is 21.8 Å². The average molecular weight is 316 g/mol. The van der Waals surface area contributed by atoms with Crippen LogP contribution in [0.15, 0.2) is 23.1 Å². The fourth-order valence-corrected chi connectivity index (χ4v) is 3.91. The van der Waals surface area contributed by atoms with Crippen molar-refractivity contribution in [1.29, 1.82) is 0 Å². The van der Waals surface area contributed by atoms with Crippen LogP contribution < -0.4 is 10.5 Å². The van der Waals surface area contributed by atoms with Gasteiger partial charge in [0, 0.05) is 12.6 Å². The smallest absolute Gasteiger partial charge is 0.240 e. The molecule has 0 aromatic heterocycles. The molecule has 4 nitrogen and oxygen atoms in total. The predicted molar refractivity (Wildman–Crippen MR) is 86.5 cm³/mol. The van der Waals surface area contributed by atoms with Crippen LogP contribution in [0, 0.1) is 0 Å². The summed E-state index contributed by atoms with van der Waals surface area (Å²) in [6.07, 6.45) is 3.68. The van der Waals surface area contributed by atoms with Gasteiger partial charge >= 0.3 is 0 Å². The lowest BCUT2D eigenvalue weighted by Gasteiger charge is -2.15. The molecule has 0 saturated carbocycles. The van der Waals surface area contributed by atoms with Crippen molar-refractivity contribution in [3.63, 3.8) is 0 Å². The highest BCUT2D eigenvalue weighted by atomic mass is 32.2. The van der Waals surface area contributed by atoms with Crippen molar-refractivity contribution in [1.82, 2.24) is 4.72 Å². The molecule has 1 unspecified atom stereocenters. The van der Waals surface area contributed by atoms with E-state index >= 15 is 0 Å². The molecule has 1 aromatic carbocycles. The second-order valence-corrected chi connectivity index (χ2v) is 7.49. The van der Waals surface area contributed by atoms with Gasteiger partial charge in [-0.15, -0.1) is 0 Å². The summed E-state index contributed by atoms with van der Waals surface area (Å²) in [5.41, 5.74) is 7.68. The zero-order valence-electron chi connectivity index (χ0n) is 12.3. The number of hydrogen-bond acceptors (Lipinski definition) is 4. The van der Waals surface area contributed by atoms with Crippen molar-refractivity contribution in [3.8, 4) is 0 Å². The highest BCUT2D eigenvalue weighted by Crippen LogP contribution is 2.17. The molecule has 0 aliphatic heterocycles. The number of rotatable bonds is 8. The summed E-state index contributed by atoms with van der Waals surface area (Å²) in [6.45, 7) is 4.28. The van der Waals surface area contributed by atoms with Crippen LogP contribution in [-0.4, -0.2) is 26.5 Å². The maximum Gasteiger partial charge on any atom is 0.240 e.